The lowest BCUT2D eigenvalue weighted by atomic mass is 10.1. The maximum Gasteiger partial charge on any atom is 0.277 e. The highest BCUT2D eigenvalue weighted by Gasteiger charge is 2.15. The van der Waals surface area contributed by atoms with Crippen LogP contribution in [0.15, 0.2) is 35.4 Å². The fourth-order valence-corrected chi connectivity index (χ4v) is 2.45. The molecule has 0 atom stereocenters. The van der Waals surface area contributed by atoms with Crippen LogP contribution >= 0.6 is 11.6 Å². The van der Waals surface area contributed by atoms with E-state index in [4.69, 9.17) is 25.8 Å². The molecule has 130 valence electrons. The molecule has 0 saturated heterocycles. The minimum atomic E-state index is -0.367. The number of ether oxygens (including phenoxy) is 3. The van der Waals surface area contributed by atoms with Crippen LogP contribution in [0, 0.1) is 13.8 Å². The van der Waals surface area contributed by atoms with Gasteiger partial charge in [0, 0.05) is 11.6 Å². The van der Waals surface area contributed by atoms with Gasteiger partial charge in [0.2, 0.25) is 6.79 Å². The SMILES string of the molecule is Cc1ccc(C)c(OCC(=O)NN=Cc2cc3c(cc2Cl)OCO3)c1. The third kappa shape index (κ3) is 4.22. The maximum atomic E-state index is 11.8. The van der Waals surface area contributed by atoms with E-state index in [0.29, 0.717) is 27.8 Å². The Balaban J connectivity index is 1.55. The fraction of sp³-hybridized carbons (Fsp3) is 0.222. The third-order valence-corrected chi connectivity index (χ3v) is 3.91. The number of fused-ring (bicyclic) bond motifs is 1. The second-order valence-electron chi connectivity index (χ2n) is 5.58. The highest BCUT2D eigenvalue weighted by atomic mass is 35.5. The van der Waals surface area contributed by atoms with Gasteiger partial charge in [0.05, 0.1) is 11.2 Å². The van der Waals surface area contributed by atoms with Crippen molar-refractivity contribution >= 4 is 23.7 Å². The third-order valence-electron chi connectivity index (χ3n) is 3.59. The molecule has 0 unspecified atom stereocenters. The van der Waals surface area contributed by atoms with Crippen molar-refractivity contribution in [3.63, 3.8) is 0 Å². The first-order valence-corrected chi connectivity index (χ1v) is 8.02. The Hall–Kier alpha value is -2.73. The second kappa shape index (κ2) is 7.44. The van der Waals surface area contributed by atoms with Crippen molar-refractivity contribution in [2.45, 2.75) is 13.8 Å². The highest BCUT2D eigenvalue weighted by molar-refractivity contribution is 6.33. The number of nitrogens with zero attached hydrogens (tertiary/aromatic N) is 1. The molecular formula is C18H17ClN2O4. The topological polar surface area (TPSA) is 69.2 Å². The Morgan fingerprint density at radius 1 is 1.28 bits per heavy atom. The van der Waals surface area contributed by atoms with Crippen molar-refractivity contribution in [3.05, 3.63) is 52.0 Å². The van der Waals surface area contributed by atoms with Crippen LogP contribution in [0.5, 0.6) is 17.2 Å². The average Bonchev–Trinajstić information content (AvgIpc) is 3.03. The zero-order valence-corrected chi connectivity index (χ0v) is 14.6. The zero-order valence-electron chi connectivity index (χ0n) is 13.8. The molecule has 6 nitrogen and oxygen atoms in total. The van der Waals surface area contributed by atoms with Gasteiger partial charge in [-0.2, -0.15) is 5.10 Å². The molecule has 0 fully saturated rings. The lowest BCUT2D eigenvalue weighted by Gasteiger charge is -2.08. The molecule has 25 heavy (non-hydrogen) atoms. The highest BCUT2D eigenvalue weighted by Crippen LogP contribution is 2.36. The number of benzene rings is 2. The number of amides is 1. The number of halogens is 1. The van der Waals surface area contributed by atoms with Gasteiger partial charge >= 0.3 is 0 Å². The Bertz CT molecular complexity index is 836. The van der Waals surface area contributed by atoms with Crippen LogP contribution in [0.2, 0.25) is 5.02 Å². The van der Waals surface area contributed by atoms with Crippen molar-refractivity contribution < 1.29 is 19.0 Å². The first-order chi connectivity index (χ1) is 12.0. The van der Waals surface area contributed by atoms with Gasteiger partial charge in [-0.15, -0.1) is 0 Å². The molecule has 1 heterocycles. The molecule has 0 aliphatic carbocycles. The molecule has 1 aliphatic rings. The summed E-state index contributed by atoms with van der Waals surface area (Å²) in [5.41, 5.74) is 5.05. The summed E-state index contributed by atoms with van der Waals surface area (Å²) in [5.74, 6) is 1.50. The van der Waals surface area contributed by atoms with Crippen LogP contribution in [-0.4, -0.2) is 25.5 Å². The quantitative estimate of drug-likeness (QED) is 0.656. The van der Waals surface area contributed by atoms with E-state index in [9.17, 15) is 4.79 Å². The van der Waals surface area contributed by atoms with Crippen LogP contribution < -0.4 is 19.6 Å². The van der Waals surface area contributed by atoms with Crippen molar-refractivity contribution in [2.24, 2.45) is 5.10 Å². The van der Waals surface area contributed by atoms with E-state index in [1.165, 1.54) is 6.21 Å². The molecule has 1 aliphatic heterocycles. The summed E-state index contributed by atoms with van der Waals surface area (Å²) in [5, 5.41) is 4.35. The largest absolute Gasteiger partial charge is 0.483 e. The monoisotopic (exact) mass is 360 g/mol. The fourth-order valence-electron chi connectivity index (χ4n) is 2.24. The number of hydrogen-bond donors (Lipinski definition) is 1. The van der Waals surface area contributed by atoms with Crippen molar-refractivity contribution in [3.8, 4) is 17.2 Å². The Kier molecular flexibility index (Phi) is 5.09. The first-order valence-electron chi connectivity index (χ1n) is 7.64. The van der Waals surface area contributed by atoms with Crippen LogP contribution in [0.25, 0.3) is 0 Å². The average molecular weight is 361 g/mol. The summed E-state index contributed by atoms with van der Waals surface area (Å²) in [6.45, 7) is 3.92. The standard InChI is InChI=1S/C18H17ClN2O4/c1-11-3-4-12(2)15(5-11)23-9-18(22)21-20-8-13-6-16-17(7-14(13)19)25-10-24-16/h3-8H,9-10H2,1-2H3,(H,21,22). The number of hydrazone groups is 1. The molecule has 1 amide bonds. The Morgan fingerprint density at radius 3 is 2.84 bits per heavy atom. The van der Waals surface area contributed by atoms with Gasteiger partial charge in [-0.05, 0) is 37.1 Å². The van der Waals surface area contributed by atoms with E-state index in [0.717, 1.165) is 11.1 Å². The van der Waals surface area contributed by atoms with E-state index in [2.05, 4.69) is 10.5 Å². The molecule has 2 aromatic rings. The molecule has 2 aromatic carbocycles. The maximum absolute atomic E-state index is 11.8. The summed E-state index contributed by atoms with van der Waals surface area (Å²) in [4.78, 5) is 11.8. The van der Waals surface area contributed by atoms with Gasteiger partial charge in [0.1, 0.15) is 5.75 Å². The summed E-state index contributed by atoms with van der Waals surface area (Å²) in [6.07, 6.45) is 1.44. The van der Waals surface area contributed by atoms with Crippen LogP contribution in [-0.2, 0) is 4.79 Å². The van der Waals surface area contributed by atoms with E-state index in [1.54, 1.807) is 12.1 Å². The molecule has 0 radical (unpaired) electrons. The van der Waals surface area contributed by atoms with Crippen molar-refractivity contribution in [2.75, 3.05) is 13.4 Å². The normalized spacial score (nSPS) is 12.4. The van der Waals surface area contributed by atoms with E-state index >= 15 is 0 Å². The zero-order chi connectivity index (χ0) is 17.8. The molecule has 1 N–H and O–H groups in total. The minimum absolute atomic E-state index is 0.128. The summed E-state index contributed by atoms with van der Waals surface area (Å²) < 4.78 is 16.0. The molecular weight excluding hydrogens is 344 g/mol. The number of carbonyl (C=O) groups excluding carboxylic acids is 1. The van der Waals surface area contributed by atoms with Gasteiger partial charge in [0.15, 0.2) is 18.1 Å². The van der Waals surface area contributed by atoms with E-state index < -0.39 is 0 Å². The van der Waals surface area contributed by atoms with Gasteiger partial charge in [-0.25, -0.2) is 5.43 Å². The van der Waals surface area contributed by atoms with Gasteiger partial charge < -0.3 is 14.2 Å². The van der Waals surface area contributed by atoms with Crippen LogP contribution in [0.3, 0.4) is 0 Å². The molecule has 0 saturated carbocycles. The first kappa shape index (κ1) is 17.1. The predicted molar refractivity (Wildman–Crippen MR) is 94.7 cm³/mol. The van der Waals surface area contributed by atoms with Gasteiger partial charge in [0.25, 0.3) is 5.91 Å². The van der Waals surface area contributed by atoms with Gasteiger partial charge in [-0.1, -0.05) is 23.7 Å². The summed E-state index contributed by atoms with van der Waals surface area (Å²) in [6, 6.07) is 9.17. The molecule has 0 bridgehead atoms. The molecule has 0 spiro atoms. The number of hydrogen-bond acceptors (Lipinski definition) is 5. The predicted octanol–water partition coefficient (Wildman–Crippen LogP) is 3.21. The van der Waals surface area contributed by atoms with Gasteiger partial charge in [-0.3, -0.25) is 4.79 Å². The summed E-state index contributed by atoms with van der Waals surface area (Å²) >= 11 is 6.13. The molecule has 0 aromatic heterocycles. The molecule has 7 heteroatoms. The smallest absolute Gasteiger partial charge is 0.277 e. The lowest BCUT2D eigenvalue weighted by molar-refractivity contribution is -0.123. The Morgan fingerprint density at radius 2 is 2.04 bits per heavy atom. The van der Waals surface area contributed by atoms with Crippen LogP contribution in [0.4, 0.5) is 0 Å². The Labute approximate surface area is 150 Å². The number of rotatable bonds is 5. The second-order valence-corrected chi connectivity index (χ2v) is 5.98. The van der Waals surface area contributed by atoms with Crippen molar-refractivity contribution in [1.29, 1.82) is 0 Å². The summed E-state index contributed by atoms with van der Waals surface area (Å²) in [7, 11) is 0. The number of carbonyl (C=O) groups is 1. The minimum Gasteiger partial charge on any atom is -0.483 e. The lowest BCUT2D eigenvalue weighted by Crippen LogP contribution is -2.24. The van der Waals surface area contributed by atoms with Crippen LogP contribution in [0.1, 0.15) is 16.7 Å². The molecule has 3 rings (SSSR count). The van der Waals surface area contributed by atoms with E-state index in [1.807, 2.05) is 32.0 Å². The number of nitrogens with one attached hydrogen (secondary N) is 1. The van der Waals surface area contributed by atoms with Crippen molar-refractivity contribution in [1.82, 2.24) is 5.43 Å². The number of aryl methyl sites for hydroxylation is 2. The van der Waals surface area contributed by atoms with E-state index in [-0.39, 0.29) is 19.3 Å².